The summed E-state index contributed by atoms with van der Waals surface area (Å²) in [5, 5.41) is 0. The molecule has 0 aromatic heterocycles. The molecule has 8 heteroatoms. The molecule has 1 fully saturated rings. The van der Waals surface area contributed by atoms with Crippen LogP contribution in [0.3, 0.4) is 0 Å². The molecule has 2 aromatic rings. The molecule has 0 aliphatic carbocycles. The Hall–Kier alpha value is -2.42. The number of hydrogen-bond acceptors (Lipinski definition) is 5. The molecule has 3 rings (SSSR count). The van der Waals surface area contributed by atoms with Gasteiger partial charge in [-0.1, -0.05) is 37.3 Å². The maximum Gasteiger partial charge on any atom is 0.252 e. The zero-order valence-corrected chi connectivity index (χ0v) is 17.9. The monoisotopic (exact) mass is 432 g/mol. The fraction of sp³-hybridized carbons (Fsp3) is 0.409. The number of amides is 1. The Morgan fingerprint density at radius 2 is 1.87 bits per heavy atom. The number of nitrogens with one attached hydrogen (secondary N) is 1. The first kappa shape index (κ1) is 22.3. The third-order valence-corrected chi connectivity index (χ3v) is 6.82. The van der Waals surface area contributed by atoms with Crippen LogP contribution in [-0.4, -0.2) is 40.7 Å². The van der Waals surface area contributed by atoms with Crippen molar-refractivity contribution in [2.24, 2.45) is 5.73 Å². The largest absolute Gasteiger partial charge is 0.493 e. The van der Waals surface area contributed by atoms with Crippen molar-refractivity contribution in [3.8, 4) is 5.75 Å². The molecule has 0 saturated carbocycles. The van der Waals surface area contributed by atoms with Crippen LogP contribution in [0.5, 0.6) is 5.75 Å². The fourth-order valence-electron chi connectivity index (χ4n) is 3.64. The van der Waals surface area contributed by atoms with Crippen molar-refractivity contribution >= 4 is 15.9 Å². The molecule has 0 unspecified atom stereocenters. The van der Waals surface area contributed by atoms with E-state index < -0.39 is 15.9 Å². The van der Waals surface area contributed by atoms with Gasteiger partial charge < -0.3 is 15.2 Å². The summed E-state index contributed by atoms with van der Waals surface area (Å²) in [5.41, 5.74) is 6.23. The van der Waals surface area contributed by atoms with Gasteiger partial charge in [0.15, 0.2) is 0 Å². The Morgan fingerprint density at radius 1 is 1.17 bits per heavy atom. The molecule has 162 valence electrons. The Labute approximate surface area is 177 Å². The van der Waals surface area contributed by atoms with Crippen molar-refractivity contribution in [3.63, 3.8) is 0 Å². The Morgan fingerprint density at radius 3 is 2.50 bits per heavy atom. The number of benzene rings is 2. The maximum atomic E-state index is 13.0. The molecule has 0 spiro atoms. The van der Waals surface area contributed by atoms with E-state index in [4.69, 9.17) is 15.2 Å². The first-order valence-corrected chi connectivity index (χ1v) is 11.6. The van der Waals surface area contributed by atoms with Crippen molar-refractivity contribution in [2.45, 2.75) is 36.5 Å². The highest BCUT2D eigenvalue weighted by Gasteiger charge is 2.35. The average Bonchev–Trinajstić information content (AvgIpc) is 2.77. The van der Waals surface area contributed by atoms with E-state index in [0.717, 1.165) is 24.8 Å². The van der Waals surface area contributed by atoms with Gasteiger partial charge in [-0.25, -0.2) is 13.1 Å². The highest BCUT2D eigenvalue weighted by atomic mass is 32.2. The van der Waals surface area contributed by atoms with Gasteiger partial charge in [-0.15, -0.1) is 0 Å². The van der Waals surface area contributed by atoms with E-state index in [1.165, 1.54) is 18.2 Å². The first-order chi connectivity index (χ1) is 14.4. The lowest BCUT2D eigenvalue weighted by Gasteiger charge is -2.37. The number of nitrogens with two attached hydrogens (primary N) is 1. The minimum Gasteiger partial charge on any atom is -0.493 e. The van der Waals surface area contributed by atoms with Crippen molar-refractivity contribution in [2.75, 3.05) is 26.4 Å². The summed E-state index contributed by atoms with van der Waals surface area (Å²) in [7, 11) is -3.85. The second-order valence-corrected chi connectivity index (χ2v) is 9.22. The number of primary amides is 1. The van der Waals surface area contributed by atoms with Crippen LogP contribution >= 0.6 is 0 Å². The number of rotatable bonds is 9. The van der Waals surface area contributed by atoms with Crippen LogP contribution in [0, 0.1) is 0 Å². The van der Waals surface area contributed by atoms with Crippen LogP contribution in [0.2, 0.25) is 0 Å². The quantitative estimate of drug-likeness (QED) is 0.633. The summed E-state index contributed by atoms with van der Waals surface area (Å²) >= 11 is 0. The summed E-state index contributed by atoms with van der Waals surface area (Å²) in [4.78, 5) is 11.8. The second-order valence-electron chi connectivity index (χ2n) is 7.45. The van der Waals surface area contributed by atoms with Gasteiger partial charge in [-0.3, -0.25) is 4.79 Å². The van der Waals surface area contributed by atoms with Crippen LogP contribution < -0.4 is 15.2 Å². The summed E-state index contributed by atoms with van der Waals surface area (Å²) < 4.78 is 39.8. The fourth-order valence-corrected chi connectivity index (χ4v) is 4.80. The number of hydrogen-bond donors (Lipinski definition) is 2. The van der Waals surface area contributed by atoms with Crippen molar-refractivity contribution in [3.05, 3.63) is 59.7 Å². The lowest BCUT2D eigenvalue weighted by Crippen LogP contribution is -2.44. The van der Waals surface area contributed by atoms with Crippen LogP contribution in [0.25, 0.3) is 0 Å². The molecule has 7 nitrogen and oxygen atoms in total. The van der Waals surface area contributed by atoms with Gasteiger partial charge in [0.1, 0.15) is 5.75 Å². The third kappa shape index (κ3) is 5.00. The molecule has 0 bridgehead atoms. The van der Waals surface area contributed by atoms with E-state index >= 15 is 0 Å². The second kappa shape index (κ2) is 9.59. The summed E-state index contributed by atoms with van der Waals surface area (Å²) in [5.74, 6) is -0.447. The zero-order valence-electron chi connectivity index (χ0n) is 17.1. The van der Waals surface area contributed by atoms with Gasteiger partial charge >= 0.3 is 0 Å². The van der Waals surface area contributed by atoms with Crippen molar-refractivity contribution < 1.29 is 22.7 Å². The maximum absolute atomic E-state index is 13.0. The Kier molecular flexibility index (Phi) is 7.12. The highest BCUT2D eigenvalue weighted by Crippen LogP contribution is 2.34. The van der Waals surface area contributed by atoms with E-state index in [-0.39, 0.29) is 28.2 Å². The predicted molar refractivity (Wildman–Crippen MR) is 114 cm³/mol. The molecule has 1 saturated heterocycles. The van der Waals surface area contributed by atoms with Crippen LogP contribution in [0.4, 0.5) is 0 Å². The molecule has 1 amide bonds. The number of ether oxygens (including phenoxy) is 2. The van der Waals surface area contributed by atoms with Gasteiger partial charge in [-0.05, 0) is 43.0 Å². The molecular formula is C22H28N2O5S. The summed E-state index contributed by atoms with van der Waals surface area (Å²) in [6, 6.07) is 14.1. The van der Waals surface area contributed by atoms with Gasteiger partial charge in [0, 0.05) is 25.2 Å². The molecule has 1 aliphatic heterocycles. The van der Waals surface area contributed by atoms with E-state index in [2.05, 4.69) is 4.72 Å². The van der Waals surface area contributed by atoms with Crippen LogP contribution in [0.15, 0.2) is 53.4 Å². The van der Waals surface area contributed by atoms with Crippen LogP contribution in [-0.2, 0) is 20.2 Å². The van der Waals surface area contributed by atoms with Crippen molar-refractivity contribution in [1.82, 2.24) is 4.72 Å². The number of carbonyl (C=O) groups excluding carboxylic acids is 1. The highest BCUT2D eigenvalue weighted by molar-refractivity contribution is 7.89. The number of carbonyl (C=O) groups is 1. The third-order valence-electron chi connectivity index (χ3n) is 5.43. The predicted octanol–water partition coefficient (Wildman–Crippen LogP) is 2.60. The topological polar surface area (TPSA) is 108 Å². The van der Waals surface area contributed by atoms with Gasteiger partial charge in [-0.2, -0.15) is 0 Å². The summed E-state index contributed by atoms with van der Waals surface area (Å²) in [6.07, 6.45) is 2.19. The molecule has 3 N–H and O–H groups in total. The summed E-state index contributed by atoms with van der Waals surface area (Å²) in [6.45, 7) is 3.73. The standard InChI is InChI=1S/C22H28N2O5S/c1-2-12-29-20-9-8-18(15-19(20)21(23)25)30(26,27)24-16-22(10-13-28-14-11-22)17-6-4-3-5-7-17/h3-9,15,24H,2,10-14,16H2,1H3,(H2,23,25). The normalized spacial score (nSPS) is 16.2. The average molecular weight is 433 g/mol. The molecule has 0 atom stereocenters. The molecule has 2 aromatic carbocycles. The smallest absolute Gasteiger partial charge is 0.252 e. The Balaban J connectivity index is 1.85. The molecule has 0 radical (unpaired) electrons. The molecule has 30 heavy (non-hydrogen) atoms. The number of sulfonamides is 1. The van der Waals surface area contributed by atoms with Gasteiger partial charge in [0.2, 0.25) is 10.0 Å². The lowest BCUT2D eigenvalue weighted by molar-refractivity contribution is 0.0517. The van der Waals surface area contributed by atoms with Gasteiger partial charge in [0.25, 0.3) is 5.91 Å². The van der Waals surface area contributed by atoms with E-state index in [1.54, 1.807) is 0 Å². The van der Waals surface area contributed by atoms with Gasteiger partial charge in [0.05, 0.1) is 17.1 Å². The van der Waals surface area contributed by atoms with E-state index in [9.17, 15) is 13.2 Å². The first-order valence-electron chi connectivity index (χ1n) is 10.1. The van der Waals surface area contributed by atoms with E-state index in [0.29, 0.717) is 19.8 Å². The lowest BCUT2D eigenvalue weighted by atomic mass is 9.74. The van der Waals surface area contributed by atoms with Crippen molar-refractivity contribution in [1.29, 1.82) is 0 Å². The minimum atomic E-state index is -3.85. The Bertz CT molecular complexity index is 970. The van der Waals surface area contributed by atoms with Crippen LogP contribution in [0.1, 0.15) is 42.1 Å². The molecule has 1 aliphatic rings. The SMILES string of the molecule is CCCOc1ccc(S(=O)(=O)NCC2(c3ccccc3)CCOCC2)cc1C(N)=O. The minimum absolute atomic E-state index is 0.0181. The zero-order chi connectivity index (χ0) is 21.6. The molecule has 1 heterocycles. The molecular weight excluding hydrogens is 404 g/mol. The van der Waals surface area contributed by atoms with E-state index in [1.807, 2.05) is 37.3 Å².